The lowest BCUT2D eigenvalue weighted by Gasteiger charge is -2.08. The summed E-state index contributed by atoms with van der Waals surface area (Å²) < 4.78 is 15.5. The van der Waals surface area contributed by atoms with Gasteiger partial charge in [0, 0.05) is 29.7 Å². The van der Waals surface area contributed by atoms with Crippen LogP contribution in [-0.4, -0.2) is 38.8 Å². The minimum absolute atomic E-state index is 0.270. The van der Waals surface area contributed by atoms with E-state index in [-0.39, 0.29) is 5.91 Å². The Bertz CT molecular complexity index is 916. The van der Waals surface area contributed by atoms with Crippen molar-refractivity contribution < 1.29 is 19.0 Å². The summed E-state index contributed by atoms with van der Waals surface area (Å²) in [5.74, 6) is 0.837. The van der Waals surface area contributed by atoms with Crippen molar-refractivity contribution >= 4 is 22.4 Å². The maximum absolute atomic E-state index is 12.6. The molecule has 0 aliphatic rings. The van der Waals surface area contributed by atoms with E-state index in [0.717, 1.165) is 17.7 Å². The van der Waals surface area contributed by atoms with Crippen LogP contribution in [0.4, 0.5) is 5.13 Å². The maximum Gasteiger partial charge on any atom is 0.257 e. The van der Waals surface area contributed by atoms with Crippen molar-refractivity contribution in [2.75, 3.05) is 33.3 Å². The van der Waals surface area contributed by atoms with Gasteiger partial charge in [0.2, 0.25) is 0 Å². The van der Waals surface area contributed by atoms with Crippen molar-refractivity contribution in [3.63, 3.8) is 0 Å². The molecule has 0 unspecified atom stereocenters. The standard InChI is InChI=1S/C21H22N2O4S/c1-25-9-8-14-4-6-15(7-5-14)19-13-28-21(22-19)23-20(24)16-10-17(26-2)12-18(11-16)27-3/h4-7,10-13H,8-9H2,1-3H3,(H,22,23,24). The van der Waals surface area contributed by atoms with Gasteiger partial charge in [0.25, 0.3) is 5.91 Å². The average Bonchev–Trinajstić information content (AvgIpc) is 3.20. The molecule has 28 heavy (non-hydrogen) atoms. The van der Waals surface area contributed by atoms with Gasteiger partial charge in [0.05, 0.1) is 26.5 Å². The molecular formula is C21H22N2O4S. The number of methoxy groups -OCH3 is 3. The lowest BCUT2D eigenvalue weighted by Crippen LogP contribution is -2.12. The SMILES string of the molecule is COCCc1ccc(-c2csc(NC(=O)c3cc(OC)cc(OC)c3)n2)cc1. The first-order chi connectivity index (χ1) is 13.6. The van der Waals surface area contributed by atoms with Crippen molar-refractivity contribution in [1.82, 2.24) is 4.98 Å². The van der Waals surface area contributed by atoms with Crippen LogP contribution in [0.1, 0.15) is 15.9 Å². The minimum atomic E-state index is -0.270. The summed E-state index contributed by atoms with van der Waals surface area (Å²) >= 11 is 1.38. The molecule has 0 aliphatic carbocycles. The summed E-state index contributed by atoms with van der Waals surface area (Å²) in [6, 6.07) is 13.2. The Labute approximate surface area is 168 Å². The van der Waals surface area contributed by atoms with E-state index in [9.17, 15) is 4.79 Å². The summed E-state index contributed by atoms with van der Waals surface area (Å²) in [7, 11) is 4.79. The molecule has 3 rings (SSSR count). The van der Waals surface area contributed by atoms with Crippen LogP contribution in [0.25, 0.3) is 11.3 Å². The second-order valence-corrected chi connectivity index (χ2v) is 6.89. The van der Waals surface area contributed by atoms with Crippen molar-refractivity contribution in [2.45, 2.75) is 6.42 Å². The predicted molar refractivity (Wildman–Crippen MR) is 111 cm³/mol. The highest BCUT2D eigenvalue weighted by Gasteiger charge is 2.13. The fourth-order valence-corrected chi connectivity index (χ4v) is 3.35. The number of aromatic nitrogens is 1. The molecule has 0 saturated heterocycles. The lowest BCUT2D eigenvalue weighted by molar-refractivity contribution is 0.102. The Balaban J connectivity index is 1.71. The number of carbonyl (C=O) groups is 1. The molecule has 0 radical (unpaired) electrons. The number of amides is 1. The third-order valence-corrected chi connectivity index (χ3v) is 4.94. The molecule has 1 heterocycles. The molecule has 1 amide bonds. The first kappa shape index (κ1) is 19.9. The third-order valence-electron chi connectivity index (χ3n) is 4.18. The molecule has 1 N–H and O–H groups in total. The summed E-state index contributed by atoms with van der Waals surface area (Å²) in [5.41, 5.74) is 3.47. The number of carbonyl (C=O) groups excluding carboxylic acids is 1. The van der Waals surface area contributed by atoms with Crippen LogP contribution in [0.2, 0.25) is 0 Å². The molecule has 0 atom stereocenters. The van der Waals surface area contributed by atoms with Crippen LogP contribution in [0.5, 0.6) is 11.5 Å². The number of thiazole rings is 1. The quantitative estimate of drug-likeness (QED) is 0.614. The van der Waals surface area contributed by atoms with Crippen LogP contribution >= 0.6 is 11.3 Å². The van der Waals surface area contributed by atoms with Crippen molar-refractivity contribution in [1.29, 1.82) is 0 Å². The normalized spacial score (nSPS) is 10.5. The number of ether oxygens (including phenoxy) is 3. The number of anilines is 1. The van der Waals surface area contributed by atoms with Crippen molar-refractivity contribution in [2.24, 2.45) is 0 Å². The summed E-state index contributed by atoms with van der Waals surface area (Å²) in [6.07, 6.45) is 0.874. The van der Waals surface area contributed by atoms with Crippen LogP contribution in [-0.2, 0) is 11.2 Å². The molecule has 0 spiro atoms. The Hall–Kier alpha value is -2.90. The fraction of sp³-hybridized carbons (Fsp3) is 0.238. The number of benzene rings is 2. The van der Waals surface area contributed by atoms with E-state index in [0.29, 0.717) is 28.8 Å². The highest BCUT2D eigenvalue weighted by Crippen LogP contribution is 2.27. The summed E-state index contributed by atoms with van der Waals surface area (Å²) in [6.45, 7) is 0.696. The molecule has 0 aliphatic heterocycles. The maximum atomic E-state index is 12.6. The van der Waals surface area contributed by atoms with Crippen LogP contribution in [0.3, 0.4) is 0 Å². The third kappa shape index (κ3) is 4.88. The van der Waals surface area contributed by atoms with Crippen LogP contribution in [0.15, 0.2) is 47.8 Å². The van der Waals surface area contributed by atoms with E-state index in [4.69, 9.17) is 14.2 Å². The lowest BCUT2D eigenvalue weighted by atomic mass is 10.1. The second kappa shape index (κ2) is 9.34. The van der Waals surface area contributed by atoms with E-state index in [1.54, 1.807) is 39.5 Å². The zero-order valence-corrected chi connectivity index (χ0v) is 16.8. The van der Waals surface area contributed by atoms with Gasteiger partial charge in [0.1, 0.15) is 11.5 Å². The zero-order chi connectivity index (χ0) is 19.9. The minimum Gasteiger partial charge on any atom is -0.497 e. The zero-order valence-electron chi connectivity index (χ0n) is 16.0. The first-order valence-electron chi connectivity index (χ1n) is 8.71. The summed E-state index contributed by atoms with van der Waals surface area (Å²) in [4.78, 5) is 17.1. The molecule has 0 bridgehead atoms. The second-order valence-electron chi connectivity index (χ2n) is 6.03. The Morgan fingerprint density at radius 2 is 1.71 bits per heavy atom. The molecule has 1 aromatic heterocycles. The van der Waals surface area contributed by atoms with Gasteiger partial charge in [0.15, 0.2) is 5.13 Å². The van der Waals surface area contributed by atoms with E-state index in [2.05, 4.69) is 22.4 Å². The average molecular weight is 398 g/mol. The number of rotatable bonds is 8. The van der Waals surface area contributed by atoms with Gasteiger partial charge in [-0.1, -0.05) is 24.3 Å². The Morgan fingerprint density at radius 1 is 1.04 bits per heavy atom. The number of hydrogen-bond donors (Lipinski definition) is 1. The van der Waals surface area contributed by atoms with Crippen LogP contribution < -0.4 is 14.8 Å². The molecule has 6 nitrogen and oxygen atoms in total. The van der Waals surface area contributed by atoms with Gasteiger partial charge >= 0.3 is 0 Å². The van der Waals surface area contributed by atoms with Crippen molar-refractivity contribution in [3.8, 4) is 22.8 Å². The van der Waals surface area contributed by atoms with Gasteiger partial charge in [-0.3, -0.25) is 10.1 Å². The van der Waals surface area contributed by atoms with E-state index < -0.39 is 0 Å². The molecular weight excluding hydrogens is 376 g/mol. The topological polar surface area (TPSA) is 69.7 Å². The first-order valence-corrected chi connectivity index (χ1v) is 9.59. The van der Waals surface area contributed by atoms with Gasteiger partial charge < -0.3 is 14.2 Å². The molecule has 3 aromatic rings. The van der Waals surface area contributed by atoms with E-state index in [1.165, 1.54) is 16.9 Å². The highest BCUT2D eigenvalue weighted by atomic mass is 32.1. The monoisotopic (exact) mass is 398 g/mol. The largest absolute Gasteiger partial charge is 0.497 e. The number of nitrogens with one attached hydrogen (secondary N) is 1. The van der Waals surface area contributed by atoms with Crippen molar-refractivity contribution in [3.05, 3.63) is 59.0 Å². The van der Waals surface area contributed by atoms with Gasteiger partial charge in [-0.15, -0.1) is 11.3 Å². The number of hydrogen-bond acceptors (Lipinski definition) is 6. The van der Waals surface area contributed by atoms with Gasteiger partial charge in [-0.25, -0.2) is 4.98 Å². The predicted octanol–water partition coefficient (Wildman–Crippen LogP) is 4.27. The molecule has 0 fully saturated rings. The van der Waals surface area contributed by atoms with Gasteiger partial charge in [-0.05, 0) is 24.1 Å². The fourth-order valence-electron chi connectivity index (χ4n) is 2.63. The highest BCUT2D eigenvalue weighted by molar-refractivity contribution is 7.14. The van der Waals surface area contributed by atoms with Gasteiger partial charge in [-0.2, -0.15) is 0 Å². The summed E-state index contributed by atoms with van der Waals surface area (Å²) in [5, 5.41) is 5.29. The molecule has 146 valence electrons. The van der Waals surface area contributed by atoms with E-state index >= 15 is 0 Å². The molecule has 2 aromatic carbocycles. The van der Waals surface area contributed by atoms with E-state index in [1.807, 2.05) is 17.5 Å². The number of nitrogens with zero attached hydrogens (tertiary/aromatic N) is 1. The Morgan fingerprint density at radius 3 is 2.32 bits per heavy atom. The Kier molecular flexibility index (Phi) is 6.62. The molecule has 0 saturated carbocycles. The smallest absolute Gasteiger partial charge is 0.257 e. The molecule has 7 heteroatoms. The van der Waals surface area contributed by atoms with Crippen LogP contribution in [0, 0.1) is 0 Å².